The van der Waals surface area contributed by atoms with Crippen molar-refractivity contribution in [3.05, 3.63) is 35.4 Å². The van der Waals surface area contributed by atoms with Gasteiger partial charge in [-0.1, -0.05) is 24.3 Å². The van der Waals surface area contributed by atoms with Gasteiger partial charge in [0.2, 0.25) is 0 Å². The first-order valence-corrected chi connectivity index (χ1v) is 7.04. The SMILES string of the molecule is COC(C)(C)CCN1CCc2ccccc2C1C(=O)O. The lowest BCUT2D eigenvalue weighted by molar-refractivity contribution is -0.144. The van der Waals surface area contributed by atoms with E-state index in [0.29, 0.717) is 0 Å². The number of benzene rings is 1. The zero-order valence-electron chi connectivity index (χ0n) is 12.4. The first-order valence-electron chi connectivity index (χ1n) is 7.04. The normalized spacial score (nSPS) is 19.6. The summed E-state index contributed by atoms with van der Waals surface area (Å²) >= 11 is 0. The lowest BCUT2D eigenvalue weighted by Crippen LogP contribution is -2.42. The molecule has 1 heterocycles. The number of carboxylic acid groups (broad SMARTS) is 1. The number of nitrogens with zero attached hydrogens (tertiary/aromatic N) is 1. The number of ether oxygens (including phenoxy) is 1. The molecule has 0 aromatic heterocycles. The van der Waals surface area contributed by atoms with Crippen molar-refractivity contribution >= 4 is 5.97 Å². The average Bonchev–Trinajstić information content (AvgIpc) is 2.44. The highest BCUT2D eigenvalue weighted by molar-refractivity contribution is 5.76. The summed E-state index contributed by atoms with van der Waals surface area (Å²) in [4.78, 5) is 13.7. The molecule has 1 aromatic rings. The van der Waals surface area contributed by atoms with Gasteiger partial charge in [0.15, 0.2) is 0 Å². The molecule has 20 heavy (non-hydrogen) atoms. The Morgan fingerprint density at radius 1 is 1.45 bits per heavy atom. The van der Waals surface area contributed by atoms with Crippen LogP contribution in [0.4, 0.5) is 0 Å². The van der Waals surface area contributed by atoms with E-state index in [-0.39, 0.29) is 5.60 Å². The van der Waals surface area contributed by atoms with Crippen LogP contribution in [0.25, 0.3) is 0 Å². The molecule has 110 valence electrons. The molecule has 0 aliphatic carbocycles. The third-order valence-electron chi connectivity index (χ3n) is 4.17. The molecular formula is C16H23NO3. The van der Waals surface area contributed by atoms with Crippen molar-refractivity contribution in [1.29, 1.82) is 0 Å². The molecule has 0 radical (unpaired) electrons. The number of carbonyl (C=O) groups is 1. The molecule has 0 saturated carbocycles. The van der Waals surface area contributed by atoms with E-state index < -0.39 is 12.0 Å². The molecule has 0 amide bonds. The Morgan fingerprint density at radius 2 is 2.15 bits per heavy atom. The molecule has 0 bridgehead atoms. The fraction of sp³-hybridized carbons (Fsp3) is 0.562. The van der Waals surface area contributed by atoms with Gasteiger partial charge < -0.3 is 9.84 Å². The number of methoxy groups -OCH3 is 1. The number of rotatable bonds is 5. The highest BCUT2D eigenvalue weighted by atomic mass is 16.5. The molecule has 4 heteroatoms. The van der Waals surface area contributed by atoms with Gasteiger partial charge in [-0.25, -0.2) is 0 Å². The molecule has 0 spiro atoms. The summed E-state index contributed by atoms with van der Waals surface area (Å²) in [5, 5.41) is 9.57. The van der Waals surface area contributed by atoms with Crippen molar-refractivity contribution < 1.29 is 14.6 Å². The maximum Gasteiger partial charge on any atom is 0.325 e. The van der Waals surface area contributed by atoms with Gasteiger partial charge in [-0.15, -0.1) is 0 Å². The van der Waals surface area contributed by atoms with Crippen molar-refractivity contribution in [3.63, 3.8) is 0 Å². The molecule has 1 aliphatic rings. The largest absolute Gasteiger partial charge is 0.480 e. The van der Waals surface area contributed by atoms with Gasteiger partial charge in [0.05, 0.1) is 5.60 Å². The molecular weight excluding hydrogens is 254 g/mol. The topological polar surface area (TPSA) is 49.8 Å². The zero-order chi connectivity index (χ0) is 14.8. The van der Waals surface area contributed by atoms with Gasteiger partial charge in [-0.05, 0) is 37.8 Å². The van der Waals surface area contributed by atoms with Crippen LogP contribution in [-0.4, -0.2) is 41.8 Å². The van der Waals surface area contributed by atoms with E-state index in [0.717, 1.165) is 37.1 Å². The summed E-state index contributed by atoms with van der Waals surface area (Å²) in [6, 6.07) is 7.31. The molecule has 1 aliphatic heterocycles. The van der Waals surface area contributed by atoms with Crippen LogP contribution in [0.3, 0.4) is 0 Å². The summed E-state index contributed by atoms with van der Waals surface area (Å²) in [6.45, 7) is 5.57. The third-order valence-corrected chi connectivity index (χ3v) is 4.17. The van der Waals surface area contributed by atoms with E-state index in [1.807, 2.05) is 43.0 Å². The van der Waals surface area contributed by atoms with Crippen LogP contribution >= 0.6 is 0 Å². The van der Waals surface area contributed by atoms with Gasteiger partial charge in [0.1, 0.15) is 6.04 Å². The number of carboxylic acids is 1. The third kappa shape index (κ3) is 3.19. The van der Waals surface area contributed by atoms with Gasteiger partial charge >= 0.3 is 5.97 Å². The van der Waals surface area contributed by atoms with Gasteiger partial charge in [0, 0.05) is 20.2 Å². The summed E-state index contributed by atoms with van der Waals surface area (Å²) in [7, 11) is 1.69. The summed E-state index contributed by atoms with van der Waals surface area (Å²) < 4.78 is 5.42. The number of fused-ring (bicyclic) bond motifs is 1. The Kier molecular flexibility index (Phi) is 4.45. The van der Waals surface area contributed by atoms with Crippen molar-refractivity contribution in [3.8, 4) is 0 Å². The van der Waals surface area contributed by atoms with Crippen molar-refractivity contribution in [1.82, 2.24) is 4.90 Å². The Labute approximate surface area is 120 Å². The minimum atomic E-state index is -0.771. The molecule has 2 rings (SSSR count). The average molecular weight is 277 g/mol. The van der Waals surface area contributed by atoms with E-state index in [1.165, 1.54) is 0 Å². The Hall–Kier alpha value is -1.39. The highest BCUT2D eigenvalue weighted by Gasteiger charge is 2.33. The molecule has 0 fully saturated rings. The first-order chi connectivity index (χ1) is 9.44. The van der Waals surface area contributed by atoms with Crippen molar-refractivity contribution in [2.75, 3.05) is 20.2 Å². The van der Waals surface area contributed by atoms with Crippen LogP contribution in [0.15, 0.2) is 24.3 Å². The fourth-order valence-electron chi connectivity index (χ4n) is 2.66. The second-order valence-corrected chi connectivity index (χ2v) is 5.94. The van der Waals surface area contributed by atoms with Crippen LogP contribution in [0.2, 0.25) is 0 Å². The summed E-state index contributed by atoms with van der Waals surface area (Å²) in [6.07, 6.45) is 1.73. The lowest BCUT2D eigenvalue weighted by Gasteiger charge is -2.36. The van der Waals surface area contributed by atoms with Crippen LogP contribution in [-0.2, 0) is 16.0 Å². The lowest BCUT2D eigenvalue weighted by atomic mass is 9.92. The molecule has 1 atom stereocenters. The summed E-state index contributed by atoms with van der Waals surface area (Å²) in [5.74, 6) is -0.771. The quantitative estimate of drug-likeness (QED) is 0.898. The minimum absolute atomic E-state index is 0.222. The van der Waals surface area contributed by atoms with E-state index in [2.05, 4.69) is 0 Å². The maximum atomic E-state index is 11.6. The minimum Gasteiger partial charge on any atom is -0.480 e. The van der Waals surface area contributed by atoms with Crippen LogP contribution < -0.4 is 0 Å². The Bertz CT molecular complexity index is 484. The maximum absolute atomic E-state index is 11.6. The van der Waals surface area contributed by atoms with E-state index in [9.17, 15) is 9.90 Å². The van der Waals surface area contributed by atoms with Gasteiger partial charge in [-0.3, -0.25) is 9.69 Å². The van der Waals surface area contributed by atoms with Crippen LogP contribution in [0, 0.1) is 0 Å². The predicted octanol–water partition coefficient (Wildman–Crippen LogP) is 2.49. The Morgan fingerprint density at radius 3 is 2.80 bits per heavy atom. The molecule has 1 N–H and O–H groups in total. The van der Waals surface area contributed by atoms with E-state index >= 15 is 0 Å². The number of hydrogen-bond donors (Lipinski definition) is 1. The highest BCUT2D eigenvalue weighted by Crippen LogP contribution is 2.30. The molecule has 1 aromatic carbocycles. The smallest absolute Gasteiger partial charge is 0.325 e. The van der Waals surface area contributed by atoms with Crippen LogP contribution in [0.1, 0.15) is 37.4 Å². The first kappa shape index (κ1) is 15.0. The monoisotopic (exact) mass is 277 g/mol. The zero-order valence-corrected chi connectivity index (χ0v) is 12.4. The number of aliphatic carboxylic acids is 1. The fourth-order valence-corrected chi connectivity index (χ4v) is 2.66. The second-order valence-electron chi connectivity index (χ2n) is 5.94. The summed E-state index contributed by atoms with van der Waals surface area (Å²) in [5.41, 5.74) is 1.86. The Balaban J connectivity index is 2.17. The van der Waals surface area contributed by atoms with Gasteiger partial charge in [0.25, 0.3) is 0 Å². The van der Waals surface area contributed by atoms with E-state index in [4.69, 9.17) is 4.74 Å². The molecule has 1 unspecified atom stereocenters. The van der Waals surface area contributed by atoms with Gasteiger partial charge in [-0.2, -0.15) is 0 Å². The van der Waals surface area contributed by atoms with Crippen LogP contribution in [0.5, 0.6) is 0 Å². The molecule has 0 saturated heterocycles. The van der Waals surface area contributed by atoms with Crippen molar-refractivity contribution in [2.24, 2.45) is 0 Å². The second kappa shape index (κ2) is 5.94. The molecule has 4 nitrogen and oxygen atoms in total. The van der Waals surface area contributed by atoms with E-state index in [1.54, 1.807) is 7.11 Å². The standard InChI is InChI=1S/C16H23NO3/c1-16(2,20-3)9-11-17-10-8-12-6-4-5-7-13(12)14(17)15(18)19/h4-7,14H,8-11H2,1-3H3,(H,18,19). The number of hydrogen-bond acceptors (Lipinski definition) is 3. The van der Waals surface area contributed by atoms with Crippen molar-refractivity contribution in [2.45, 2.75) is 38.3 Å². The predicted molar refractivity (Wildman–Crippen MR) is 77.8 cm³/mol.